The number of sulfonamides is 1. The predicted octanol–water partition coefficient (Wildman–Crippen LogP) is 2.43. The van der Waals surface area contributed by atoms with Gasteiger partial charge in [-0.1, -0.05) is 18.2 Å². The number of fused-ring (bicyclic) bond motifs is 1. The highest BCUT2D eigenvalue weighted by molar-refractivity contribution is 7.89. The maximum absolute atomic E-state index is 12.9. The fourth-order valence-electron chi connectivity index (χ4n) is 3.02. The predicted molar refractivity (Wildman–Crippen MR) is 90.7 cm³/mol. The average Bonchev–Trinajstić information content (AvgIpc) is 3.06. The third kappa shape index (κ3) is 2.53. The SMILES string of the molecule is Cc1oc(C(=O)N2c3ccccc3CC2C)cc1S(=O)(=O)N(C)C. The first-order valence-corrected chi connectivity index (χ1v) is 9.12. The van der Waals surface area contributed by atoms with E-state index in [0.717, 1.165) is 22.0 Å². The first kappa shape index (κ1) is 16.7. The van der Waals surface area contributed by atoms with Crippen LogP contribution in [-0.2, 0) is 16.4 Å². The minimum atomic E-state index is -3.65. The van der Waals surface area contributed by atoms with Crippen molar-refractivity contribution in [2.24, 2.45) is 0 Å². The number of hydrogen-bond donors (Lipinski definition) is 0. The van der Waals surface area contributed by atoms with Gasteiger partial charge in [0.1, 0.15) is 10.7 Å². The topological polar surface area (TPSA) is 70.8 Å². The number of para-hydroxylation sites is 1. The molecule has 0 fully saturated rings. The summed E-state index contributed by atoms with van der Waals surface area (Å²) in [4.78, 5) is 14.6. The number of nitrogens with zero attached hydrogens (tertiary/aromatic N) is 2. The van der Waals surface area contributed by atoms with Crippen LogP contribution in [0.4, 0.5) is 5.69 Å². The van der Waals surface area contributed by atoms with E-state index in [1.54, 1.807) is 11.8 Å². The van der Waals surface area contributed by atoms with Gasteiger partial charge >= 0.3 is 0 Å². The van der Waals surface area contributed by atoms with Crippen LogP contribution in [0.25, 0.3) is 0 Å². The number of carbonyl (C=O) groups is 1. The summed E-state index contributed by atoms with van der Waals surface area (Å²) in [5.74, 6) is -0.0700. The molecule has 24 heavy (non-hydrogen) atoms. The Labute approximate surface area is 141 Å². The normalized spacial score (nSPS) is 17.4. The average molecular weight is 348 g/mol. The van der Waals surface area contributed by atoms with Gasteiger partial charge in [0.25, 0.3) is 5.91 Å². The number of benzene rings is 1. The largest absolute Gasteiger partial charge is 0.455 e. The summed E-state index contributed by atoms with van der Waals surface area (Å²) in [6.45, 7) is 3.51. The Bertz CT molecular complexity index is 899. The van der Waals surface area contributed by atoms with Crippen LogP contribution in [0.15, 0.2) is 39.6 Å². The van der Waals surface area contributed by atoms with E-state index in [0.29, 0.717) is 0 Å². The molecule has 3 rings (SSSR count). The molecular weight excluding hydrogens is 328 g/mol. The van der Waals surface area contributed by atoms with Gasteiger partial charge in [-0.25, -0.2) is 12.7 Å². The molecule has 128 valence electrons. The highest BCUT2D eigenvalue weighted by Gasteiger charge is 2.34. The molecule has 2 heterocycles. The molecule has 1 aliphatic heterocycles. The molecule has 0 bridgehead atoms. The number of anilines is 1. The van der Waals surface area contributed by atoms with Crippen LogP contribution >= 0.6 is 0 Å². The van der Waals surface area contributed by atoms with Crippen molar-refractivity contribution in [1.29, 1.82) is 0 Å². The summed E-state index contributed by atoms with van der Waals surface area (Å²) in [6, 6.07) is 9.03. The van der Waals surface area contributed by atoms with Gasteiger partial charge in [-0.2, -0.15) is 0 Å². The van der Waals surface area contributed by atoms with Gasteiger partial charge in [0, 0.05) is 31.9 Å². The zero-order chi connectivity index (χ0) is 17.6. The van der Waals surface area contributed by atoms with Crippen LogP contribution in [0.2, 0.25) is 0 Å². The van der Waals surface area contributed by atoms with E-state index in [9.17, 15) is 13.2 Å². The molecule has 1 amide bonds. The number of hydrogen-bond acceptors (Lipinski definition) is 4. The lowest BCUT2D eigenvalue weighted by Gasteiger charge is -2.21. The van der Waals surface area contributed by atoms with Gasteiger partial charge in [-0.05, 0) is 31.9 Å². The highest BCUT2D eigenvalue weighted by Crippen LogP contribution is 2.34. The van der Waals surface area contributed by atoms with E-state index < -0.39 is 10.0 Å². The van der Waals surface area contributed by atoms with Crippen molar-refractivity contribution in [2.45, 2.75) is 31.2 Å². The number of aryl methyl sites for hydroxylation is 1. The molecule has 1 aromatic heterocycles. The van der Waals surface area contributed by atoms with Crippen molar-refractivity contribution in [3.8, 4) is 0 Å². The molecule has 1 aliphatic rings. The van der Waals surface area contributed by atoms with Crippen LogP contribution in [0, 0.1) is 6.92 Å². The second-order valence-electron chi connectivity index (χ2n) is 6.18. The van der Waals surface area contributed by atoms with Crippen LogP contribution < -0.4 is 4.90 Å². The van der Waals surface area contributed by atoms with E-state index in [4.69, 9.17) is 4.42 Å². The van der Waals surface area contributed by atoms with Gasteiger partial charge in [0.15, 0.2) is 5.76 Å². The van der Waals surface area contributed by atoms with Crippen molar-refractivity contribution in [1.82, 2.24) is 4.31 Å². The summed E-state index contributed by atoms with van der Waals surface area (Å²) >= 11 is 0. The number of furan rings is 1. The van der Waals surface area contributed by atoms with Crippen LogP contribution in [0.5, 0.6) is 0 Å². The van der Waals surface area contributed by atoms with Gasteiger partial charge in [0.05, 0.1) is 0 Å². The Hall–Kier alpha value is -2.12. The van der Waals surface area contributed by atoms with E-state index >= 15 is 0 Å². The third-order valence-corrected chi connectivity index (χ3v) is 6.19. The molecule has 1 unspecified atom stereocenters. The lowest BCUT2D eigenvalue weighted by Crippen LogP contribution is -2.35. The first-order chi connectivity index (χ1) is 11.2. The summed E-state index contributed by atoms with van der Waals surface area (Å²) in [6.07, 6.45) is 0.768. The molecule has 0 aliphatic carbocycles. The molecule has 2 aromatic rings. The van der Waals surface area contributed by atoms with Crippen molar-refractivity contribution < 1.29 is 17.6 Å². The number of carbonyl (C=O) groups excluding carboxylic acids is 1. The van der Waals surface area contributed by atoms with Crippen molar-refractivity contribution in [2.75, 3.05) is 19.0 Å². The zero-order valence-corrected chi connectivity index (χ0v) is 14.9. The van der Waals surface area contributed by atoms with Gasteiger partial charge in [0.2, 0.25) is 10.0 Å². The molecule has 0 spiro atoms. The maximum atomic E-state index is 12.9. The van der Waals surface area contributed by atoms with Gasteiger partial charge in [-0.15, -0.1) is 0 Å². The lowest BCUT2D eigenvalue weighted by molar-refractivity contribution is 0.0953. The highest BCUT2D eigenvalue weighted by atomic mass is 32.2. The second kappa shape index (κ2) is 5.75. The smallest absolute Gasteiger partial charge is 0.294 e. The lowest BCUT2D eigenvalue weighted by atomic mass is 10.1. The van der Waals surface area contributed by atoms with Crippen LogP contribution in [0.3, 0.4) is 0 Å². The Morgan fingerprint density at radius 3 is 2.62 bits per heavy atom. The Morgan fingerprint density at radius 2 is 1.96 bits per heavy atom. The molecule has 0 N–H and O–H groups in total. The molecule has 6 nitrogen and oxygen atoms in total. The first-order valence-electron chi connectivity index (χ1n) is 7.68. The van der Waals surface area contributed by atoms with E-state index in [1.807, 2.05) is 31.2 Å². The second-order valence-corrected chi connectivity index (χ2v) is 8.30. The standard InChI is InChI=1S/C17H20N2O4S/c1-11-9-13-7-5-6-8-14(13)19(11)17(20)15-10-16(12(2)23-15)24(21,22)18(3)4/h5-8,10-11H,9H2,1-4H3. The fourth-order valence-corrected chi connectivity index (χ4v) is 4.07. The Morgan fingerprint density at radius 1 is 1.29 bits per heavy atom. The number of rotatable bonds is 3. The molecule has 1 atom stereocenters. The van der Waals surface area contributed by atoms with Gasteiger partial charge in [-0.3, -0.25) is 4.79 Å². The monoisotopic (exact) mass is 348 g/mol. The van der Waals surface area contributed by atoms with E-state index in [1.165, 1.54) is 20.2 Å². The van der Waals surface area contributed by atoms with Crippen LogP contribution in [0.1, 0.15) is 28.8 Å². The summed E-state index contributed by atoms with van der Waals surface area (Å²) < 4.78 is 31.2. The van der Waals surface area contributed by atoms with E-state index in [-0.39, 0.29) is 28.4 Å². The summed E-state index contributed by atoms with van der Waals surface area (Å²) in [5, 5.41) is 0. The molecule has 1 aromatic carbocycles. The maximum Gasteiger partial charge on any atom is 0.294 e. The van der Waals surface area contributed by atoms with E-state index in [2.05, 4.69) is 0 Å². The minimum absolute atomic E-state index is 0.00536. The molecular formula is C17H20N2O4S. The molecule has 0 radical (unpaired) electrons. The molecule has 7 heteroatoms. The summed E-state index contributed by atoms with van der Waals surface area (Å²) in [7, 11) is -0.756. The number of amides is 1. The molecule has 0 saturated carbocycles. The summed E-state index contributed by atoms with van der Waals surface area (Å²) in [5.41, 5.74) is 1.95. The Balaban J connectivity index is 2.01. The Kier molecular flexibility index (Phi) is 4.01. The minimum Gasteiger partial charge on any atom is -0.455 e. The zero-order valence-electron chi connectivity index (χ0n) is 14.1. The fraction of sp³-hybridized carbons (Fsp3) is 0.353. The quantitative estimate of drug-likeness (QED) is 0.854. The van der Waals surface area contributed by atoms with Gasteiger partial charge < -0.3 is 9.32 Å². The van der Waals surface area contributed by atoms with Crippen molar-refractivity contribution in [3.63, 3.8) is 0 Å². The van der Waals surface area contributed by atoms with Crippen molar-refractivity contribution in [3.05, 3.63) is 47.4 Å². The third-order valence-electron chi connectivity index (χ3n) is 4.27. The van der Waals surface area contributed by atoms with Crippen LogP contribution in [-0.4, -0.2) is 38.8 Å². The van der Waals surface area contributed by atoms with Crippen molar-refractivity contribution >= 4 is 21.6 Å². The molecule has 0 saturated heterocycles.